The molecule has 2 amide bonds. The molecule has 0 spiro atoms. The van der Waals surface area contributed by atoms with Crippen molar-refractivity contribution >= 4 is 12.0 Å². The lowest BCUT2D eigenvalue weighted by molar-refractivity contribution is -0.141. The standard InChI is InChI=1S/C13H24N2O4/c1-8(2)5-9(3)14(4)13(19)15-7-10(16)6-11(15)12(17)18/h8-11,16H,5-7H2,1-4H3,(H,17,18)/t9?,10-,11-/m0/s1. The summed E-state index contributed by atoms with van der Waals surface area (Å²) < 4.78 is 0. The van der Waals surface area contributed by atoms with Crippen molar-refractivity contribution in [3.05, 3.63) is 0 Å². The molecular weight excluding hydrogens is 248 g/mol. The number of aliphatic carboxylic acids is 1. The van der Waals surface area contributed by atoms with Gasteiger partial charge in [0.05, 0.1) is 6.10 Å². The van der Waals surface area contributed by atoms with Gasteiger partial charge in [-0.1, -0.05) is 13.8 Å². The Morgan fingerprint density at radius 1 is 1.37 bits per heavy atom. The third-order valence-corrected chi connectivity index (χ3v) is 3.59. The Hall–Kier alpha value is -1.30. The van der Waals surface area contributed by atoms with Crippen molar-refractivity contribution in [1.82, 2.24) is 9.80 Å². The Bertz CT molecular complexity index is 346. The molecule has 6 heteroatoms. The highest BCUT2D eigenvalue weighted by atomic mass is 16.4. The maximum absolute atomic E-state index is 12.3. The molecule has 1 unspecified atom stereocenters. The summed E-state index contributed by atoms with van der Waals surface area (Å²) in [6.07, 6.45) is 0.211. The summed E-state index contributed by atoms with van der Waals surface area (Å²) in [4.78, 5) is 26.2. The van der Waals surface area contributed by atoms with E-state index in [4.69, 9.17) is 5.11 Å². The number of carbonyl (C=O) groups is 2. The first-order chi connectivity index (χ1) is 8.73. The second kappa shape index (κ2) is 6.23. The van der Waals surface area contributed by atoms with E-state index in [0.29, 0.717) is 5.92 Å². The highest BCUT2D eigenvalue weighted by Crippen LogP contribution is 2.21. The van der Waals surface area contributed by atoms with E-state index in [9.17, 15) is 14.7 Å². The number of rotatable bonds is 4. The Labute approximate surface area is 114 Å². The average molecular weight is 272 g/mol. The number of likely N-dealkylation sites (tertiary alicyclic amines) is 1. The van der Waals surface area contributed by atoms with Gasteiger partial charge in [0, 0.05) is 26.1 Å². The van der Waals surface area contributed by atoms with Crippen LogP contribution in [0.2, 0.25) is 0 Å². The number of urea groups is 1. The number of aliphatic hydroxyl groups excluding tert-OH is 1. The van der Waals surface area contributed by atoms with Crippen molar-refractivity contribution in [3.63, 3.8) is 0 Å². The lowest BCUT2D eigenvalue weighted by Gasteiger charge is -2.32. The van der Waals surface area contributed by atoms with Crippen LogP contribution in [0.5, 0.6) is 0 Å². The van der Waals surface area contributed by atoms with Crippen LogP contribution in [-0.4, -0.2) is 63.8 Å². The Morgan fingerprint density at radius 2 is 1.95 bits per heavy atom. The lowest BCUT2D eigenvalue weighted by Crippen LogP contribution is -2.49. The summed E-state index contributed by atoms with van der Waals surface area (Å²) in [7, 11) is 1.68. The van der Waals surface area contributed by atoms with Gasteiger partial charge in [-0.2, -0.15) is 0 Å². The largest absolute Gasteiger partial charge is 0.480 e. The molecule has 0 aromatic rings. The summed E-state index contributed by atoms with van der Waals surface area (Å²) in [6.45, 7) is 6.19. The van der Waals surface area contributed by atoms with E-state index in [0.717, 1.165) is 6.42 Å². The second-order valence-electron chi connectivity index (χ2n) is 5.77. The van der Waals surface area contributed by atoms with Gasteiger partial charge in [0.2, 0.25) is 0 Å². The van der Waals surface area contributed by atoms with Crippen molar-refractivity contribution in [2.75, 3.05) is 13.6 Å². The van der Waals surface area contributed by atoms with Crippen LogP contribution < -0.4 is 0 Å². The number of carbonyl (C=O) groups excluding carboxylic acids is 1. The number of carboxylic acid groups (broad SMARTS) is 1. The van der Waals surface area contributed by atoms with Crippen LogP contribution in [0.4, 0.5) is 4.79 Å². The molecule has 1 saturated heterocycles. The number of hydrogen-bond acceptors (Lipinski definition) is 3. The van der Waals surface area contributed by atoms with Crippen LogP contribution in [-0.2, 0) is 4.79 Å². The third kappa shape index (κ3) is 3.83. The molecular formula is C13H24N2O4. The van der Waals surface area contributed by atoms with Gasteiger partial charge in [-0.3, -0.25) is 0 Å². The van der Waals surface area contributed by atoms with Gasteiger partial charge in [0.15, 0.2) is 0 Å². The quantitative estimate of drug-likeness (QED) is 0.799. The minimum Gasteiger partial charge on any atom is -0.480 e. The predicted molar refractivity (Wildman–Crippen MR) is 70.8 cm³/mol. The summed E-state index contributed by atoms with van der Waals surface area (Å²) in [5, 5.41) is 18.7. The van der Waals surface area contributed by atoms with E-state index in [-0.39, 0.29) is 25.0 Å². The molecule has 1 aliphatic heterocycles. The summed E-state index contributed by atoms with van der Waals surface area (Å²) in [6, 6.07) is -1.20. The van der Waals surface area contributed by atoms with Crippen molar-refractivity contribution < 1.29 is 19.8 Å². The van der Waals surface area contributed by atoms with E-state index >= 15 is 0 Å². The predicted octanol–water partition coefficient (Wildman–Crippen LogP) is 0.993. The van der Waals surface area contributed by atoms with Crippen molar-refractivity contribution in [1.29, 1.82) is 0 Å². The normalized spacial score (nSPS) is 24.6. The minimum absolute atomic E-state index is 0.0414. The molecule has 0 radical (unpaired) electrons. The van der Waals surface area contributed by atoms with Gasteiger partial charge in [0.1, 0.15) is 6.04 Å². The number of nitrogens with zero attached hydrogens (tertiary/aromatic N) is 2. The first-order valence-corrected chi connectivity index (χ1v) is 6.68. The van der Waals surface area contributed by atoms with Crippen LogP contribution in [0.1, 0.15) is 33.6 Å². The van der Waals surface area contributed by atoms with Crippen LogP contribution >= 0.6 is 0 Å². The molecule has 0 bridgehead atoms. The molecule has 2 N–H and O–H groups in total. The highest BCUT2D eigenvalue weighted by molar-refractivity contribution is 5.83. The number of aliphatic hydroxyl groups is 1. The minimum atomic E-state index is -1.06. The van der Waals surface area contributed by atoms with Gasteiger partial charge in [-0.25, -0.2) is 9.59 Å². The van der Waals surface area contributed by atoms with Crippen LogP contribution in [0.25, 0.3) is 0 Å². The Morgan fingerprint density at radius 3 is 2.42 bits per heavy atom. The lowest BCUT2D eigenvalue weighted by atomic mass is 10.0. The molecule has 0 aromatic carbocycles. The molecule has 19 heavy (non-hydrogen) atoms. The number of carboxylic acids is 1. The van der Waals surface area contributed by atoms with E-state index in [1.165, 1.54) is 4.90 Å². The van der Waals surface area contributed by atoms with Gasteiger partial charge >= 0.3 is 12.0 Å². The van der Waals surface area contributed by atoms with E-state index in [1.807, 2.05) is 6.92 Å². The Kier molecular flexibility index (Phi) is 5.17. The number of amides is 2. The molecule has 1 aliphatic rings. The van der Waals surface area contributed by atoms with Crippen LogP contribution in [0.15, 0.2) is 0 Å². The molecule has 110 valence electrons. The zero-order chi connectivity index (χ0) is 14.7. The zero-order valence-corrected chi connectivity index (χ0v) is 12.0. The topological polar surface area (TPSA) is 81.1 Å². The smallest absolute Gasteiger partial charge is 0.326 e. The SMILES string of the molecule is CC(C)CC(C)N(C)C(=O)N1C[C@@H](O)C[C@H]1C(=O)O. The molecule has 1 heterocycles. The fraction of sp³-hybridized carbons (Fsp3) is 0.846. The van der Waals surface area contributed by atoms with E-state index in [1.54, 1.807) is 11.9 Å². The van der Waals surface area contributed by atoms with E-state index < -0.39 is 18.1 Å². The molecule has 0 saturated carbocycles. The summed E-state index contributed by atoms with van der Waals surface area (Å²) in [5.41, 5.74) is 0. The number of hydrogen-bond donors (Lipinski definition) is 2. The molecule has 3 atom stereocenters. The fourth-order valence-electron chi connectivity index (χ4n) is 2.49. The summed E-state index contributed by atoms with van der Waals surface area (Å²) >= 11 is 0. The van der Waals surface area contributed by atoms with Crippen LogP contribution in [0, 0.1) is 5.92 Å². The summed E-state index contributed by atoms with van der Waals surface area (Å²) in [5.74, 6) is -0.598. The molecule has 0 aromatic heterocycles. The van der Waals surface area contributed by atoms with Gasteiger partial charge in [-0.15, -0.1) is 0 Å². The van der Waals surface area contributed by atoms with Gasteiger partial charge in [-0.05, 0) is 19.3 Å². The average Bonchev–Trinajstić information content (AvgIpc) is 2.68. The van der Waals surface area contributed by atoms with Crippen molar-refractivity contribution in [2.45, 2.75) is 51.8 Å². The second-order valence-corrected chi connectivity index (χ2v) is 5.77. The molecule has 6 nitrogen and oxygen atoms in total. The maximum Gasteiger partial charge on any atom is 0.326 e. The molecule has 1 fully saturated rings. The number of β-amino-alcohol motifs (C(OH)–C–C–N with tert-alkyl or cyclic N) is 1. The van der Waals surface area contributed by atoms with Crippen LogP contribution in [0.3, 0.4) is 0 Å². The van der Waals surface area contributed by atoms with Gasteiger partial charge < -0.3 is 20.0 Å². The maximum atomic E-state index is 12.3. The zero-order valence-electron chi connectivity index (χ0n) is 12.0. The molecule has 0 aliphatic carbocycles. The fourth-order valence-corrected chi connectivity index (χ4v) is 2.49. The van der Waals surface area contributed by atoms with E-state index in [2.05, 4.69) is 13.8 Å². The van der Waals surface area contributed by atoms with Crippen molar-refractivity contribution in [3.8, 4) is 0 Å². The first-order valence-electron chi connectivity index (χ1n) is 6.68. The third-order valence-electron chi connectivity index (χ3n) is 3.59. The highest BCUT2D eigenvalue weighted by Gasteiger charge is 2.40. The molecule has 1 rings (SSSR count). The van der Waals surface area contributed by atoms with Crippen molar-refractivity contribution in [2.24, 2.45) is 5.92 Å². The van der Waals surface area contributed by atoms with Gasteiger partial charge in [0.25, 0.3) is 0 Å². The first kappa shape index (κ1) is 15.8. The Balaban J connectivity index is 2.72. The monoisotopic (exact) mass is 272 g/mol.